The Morgan fingerprint density at radius 2 is 1.73 bits per heavy atom. The van der Waals surface area contributed by atoms with Crippen molar-refractivity contribution < 1.29 is 18.9 Å². The number of nitro benzene ring substituents is 1. The van der Waals surface area contributed by atoms with Gasteiger partial charge in [0.1, 0.15) is 5.82 Å². The largest absolute Gasteiger partial charge is 0.350 e. The predicted octanol–water partition coefficient (Wildman–Crippen LogP) is 2.59. The zero-order valence-corrected chi connectivity index (χ0v) is 13.9. The van der Waals surface area contributed by atoms with Crippen molar-refractivity contribution >= 4 is 23.3 Å². The van der Waals surface area contributed by atoms with Crippen LogP contribution in [-0.2, 0) is 0 Å². The summed E-state index contributed by atoms with van der Waals surface area (Å²) >= 11 is 0. The van der Waals surface area contributed by atoms with Gasteiger partial charge in [-0.15, -0.1) is 0 Å². The van der Waals surface area contributed by atoms with Crippen LogP contribution < -0.4 is 16.0 Å². The predicted molar refractivity (Wildman–Crippen MR) is 93.6 cm³/mol. The molecule has 8 nitrogen and oxygen atoms in total. The quantitative estimate of drug-likeness (QED) is 0.417. The van der Waals surface area contributed by atoms with E-state index in [1.807, 2.05) is 0 Å². The van der Waals surface area contributed by atoms with E-state index in [0.29, 0.717) is 11.3 Å². The minimum atomic E-state index is -0.535. The van der Waals surface area contributed by atoms with E-state index in [-0.39, 0.29) is 24.3 Å². The van der Waals surface area contributed by atoms with Crippen molar-refractivity contribution in [1.29, 1.82) is 0 Å². The molecule has 0 aliphatic heterocycles. The van der Waals surface area contributed by atoms with Gasteiger partial charge in [-0.05, 0) is 36.8 Å². The van der Waals surface area contributed by atoms with Crippen molar-refractivity contribution in [1.82, 2.24) is 10.6 Å². The molecule has 0 aliphatic carbocycles. The number of non-ortho nitro benzene ring substituents is 1. The molecular formula is C17H17FN4O4. The molecule has 0 heterocycles. The third-order valence-electron chi connectivity index (χ3n) is 3.47. The number of carbonyl (C=O) groups excluding carboxylic acids is 2. The molecular weight excluding hydrogens is 343 g/mol. The SMILES string of the molecule is Cc1ccc(C(=O)NCCNC(=O)Nc2ccc([N+](=O)[O-])cc2)cc1F. The van der Waals surface area contributed by atoms with E-state index in [2.05, 4.69) is 16.0 Å². The summed E-state index contributed by atoms with van der Waals surface area (Å²) in [6, 6.07) is 9.03. The number of carbonyl (C=O) groups is 2. The van der Waals surface area contributed by atoms with Crippen LogP contribution >= 0.6 is 0 Å². The van der Waals surface area contributed by atoms with Crippen molar-refractivity contribution in [3.63, 3.8) is 0 Å². The standard InChI is InChI=1S/C17H17FN4O4/c1-11-2-3-12(10-15(11)18)16(23)19-8-9-20-17(24)21-13-4-6-14(7-5-13)22(25)26/h2-7,10H,8-9H2,1H3,(H,19,23)(H2,20,21,24). The highest BCUT2D eigenvalue weighted by molar-refractivity contribution is 5.94. The second kappa shape index (κ2) is 8.56. The number of amides is 3. The first kappa shape index (κ1) is 18.8. The number of hydrogen-bond donors (Lipinski definition) is 3. The summed E-state index contributed by atoms with van der Waals surface area (Å²) in [5.41, 5.74) is 0.966. The van der Waals surface area contributed by atoms with Gasteiger partial charge in [0.05, 0.1) is 4.92 Å². The monoisotopic (exact) mass is 360 g/mol. The zero-order valence-electron chi connectivity index (χ0n) is 13.9. The van der Waals surface area contributed by atoms with Crippen molar-refractivity contribution in [3.8, 4) is 0 Å². The highest BCUT2D eigenvalue weighted by Crippen LogP contribution is 2.15. The average molecular weight is 360 g/mol. The molecule has 0 saturated carbocycles. The van der Waals surface area contributed by atoms with Gasteiger partial charge >= 0.3 is 6.03 Å². The molecule has 0 bridgehead atoms. The van der Waals surface area contributed by atoms with Crippen LogP contribution in [0.1, 0.15) is 15.9 Å². The fourth-order valence-corrected chi connectivity index (χ4v) is 2.03. The first-order chi connectivity index (χ1) is 12.4. The van der Waals surface area contributed by atoms with Gasteiger partial charge in [-0.1, -0.05) is 6.07 Å². The van der Waals surface area contributed by atoms with Gasteiger partial charge in [-0.2, -0.15) is 0 Å². The number of halogens is 1. The third-order valence-corrected chi connectivity index (χ3v) is 3.47. The van der Waals surface area contributed by atoms with E-state index in [1.54, 1.807) is 6.92 Å². The number of nitrogens with one attached hydrogen (secondary N) is 3. The molecule has 136 valence electrons. The Bertz CT molecular complexity index is 824. The number of aryl methyl sites for hydroxylation is 1. The summed E-state index contributed by atoms with van der Waals surface area (Å²) in [5, 5.41) is 18.1. The fraction of sp³-hybridized carbons (Fsp3) is 0.176. The molecule has 0 aromatic heterocycles. The Morgan fingerprint density at radius 3 is 2.35 bits per heavy atom. The Hall–Kier alpha value is -3.49. The van der Waals surface area contributed by atoms with E-state index in [0.717, 1.165) is 6.07 Å². The van der Waals surface area contributed by atoms with Gasteiger partial charge in [0, 0.05) is 36.5 Å². The summed E-state index contributed by atoms with van der Waals surface area (Å²) in [5.74, 6) is -0.903. The number of rotatable bonds is 6. The summed E-state index contributed by atoms with van der Waals surface area (Å²) in [7, 11) is 0. The Morgan fingerprint density at radius 1 is 1.08 bits per heavy atom. The molecule has 2 rings (SSSR count). The lowest BCUT2D eigenvalue weighted by Crippen LogP contribution is -2.36. The van der Waals surface area contributed by atoms with Crippen LogP contribution in [0.15, 0.2) is 42.5 Å². The Balaban J connectivity index is 1.73. The molecule has 0 unspecified atom stereocenters. The molecule has 0 spiro atoms. The number of urea groups is 1. The summed E-state index contributed by atoms with van der Waals surface area (Å²) in [6.45, 7) is 1.91. The summed E-state index contributed by atoms with van der Waals surface area (Å²) < 4.78 is 13.4. The van der Waals surface area contributed by atoms with Gasteiger partial charge in [0.15, 0.2) is 0 Å². The van der Waals surface area contributed by atoms with E-state index < -0.39 is 22.7 Å². The highest BCUT2D eigenvalue weighted by Gasteiger charge is 2.08. The van der Waals surface area contributed by atoms with Crippen LogP contribution in [0.3, 0.4) is 0 Å². The normalized spacial score (nSPS) is 10.1. The summed E-state index contributed by atoms with van der Waals surface area (Å²) in [6.07, 6.45) is 0. The van der Waals surface area contributed by atoms with Gasteiger partial charge in [-0.3, -0.25) is 14.9 Å². The lowest BCUT2D eigenvalue weighted by Gasteiger charge is -2.09. The molecule has 26 heavy (non-hydrogen) atoms. The second-order valence-electron chi connectivity index (χ2n) is 5.40. The molecule has 0 saturated heterocycles. The van der Waals surface area contributed by atoms with Crippen LogP contribution in [0, 0.1) is 22.9 Å². The number of benzene rings is 2. The molecule has 2 aromatic rings. The van der Waals surface area contributed by atoms with E-state index in [4.69, 9.17) is 0 Å². The molecule has 0 aliphatic rings. The molecule has 9 heteroatoms. The van der Waals surface area contributed by atoms with Gasteiger partial charge in [0.2, 0.25) is 0 Å². The number of nitrogens with zero attached hydrogens (tertiary/aromatic N) is 1. The van der Waals surface area contributed by atoms with Crippen molar-refractivity contribution in [3.05, 3.63) is 69.5 Å². The second-order valence-corrected chi connectivity index (χ2v) is 5.40. The maximum Gasteiger partial charge on any atom is 0.319 e. The lowest BCUT2D eigenvalue weighted by atomic mass is 10.1. The minimum absolute atomic E-state index is 0.0776. The molecule has 3 N–H and O–H groups in total. The topological polar surface area (TPSA) is 113 Å². The smallest absolute Gasteiger partial charge is 0.319 e. The number of nitro groups is 1. The van der Waals surface area contributed by atoms with E-state index in [1.165, 1.54) is 36.4 Å². The lowest BCUT2D eigenvalue weighted by molar-refractivity contribution is -0.384. The molecule has 0 atom stereocenters. The summed E-state index contributed by atoms with van der Waals surface area (Å²) in [4.78, 5) is 33.6. The maximum atomic E-state index is 13.4. The van der Waals surface area contributed by atoms with Crippen LogP contribution in [-0.4, -0.2) is 30.0 Å². The van der Waals surface area contributed by atoms with E-state index in [9.17, 15) is 24.1 Å². The average Bonchev–Trinajstić information content (AvgIpc) is 2.61. The Kier molecular flexibility index (Phi) is 6.20. The van der Waals surface area contributed by atoms with Crippen LogP contribution in [0.2, 0.25) is 0 Å². The zero-order chi connectivity index (χ0) is 19.1. The first-order valence-electron chi connectivity index (χ1n) is 7.70. The van der Waals surface area contributed by atoms with E-state index >= 15 is 0 Å². The number of anilines is 1. The first-order valence-corrected chi connectivity index (χ1v) is 7.70. The molecule has 0 radical (unpaired) electrons. The minimum Gasteiger partial charge on any atom is -0.350 e. The van der Waals surface area contributed by atoms with Gasteiger partial charge < -0.3 is 16.0 Å². The van der Waals surface area contributed by atoms with Crippen LogP contribution in [0.25, 0.3) is 0 Å². The molecule has 2 aromatic carbocycles. The third kappa shape index (κ3) is 5.26. The Labute approximate surface area is 148 Å². The van der Waals surface area contributed by atoms with Gasteiger partial charge in [-0.25, -0.2) is 9.18 Å². The molecule has 3 amide bonds. The number of hydrogen-bond acceptors (Lipinski definition) is 4. The molecule has 0 fully saturated rings. The van der Waals surface area contributed by atoms with Crippen molar-refractivity contribution in [2.24, 2.45) is 0 Å². The fourth-order valence-electron chi connectivity index (χ4n) is 2.03. The maximum absolute atomic E-state index is 13.4. The van der Waals surface area contributed by atoms with Crippen LogP contribution in [0.4, 0.5) is 20.6 Å². The van der Waals surface area contributed by atoms with Crippen molar-refractivity contribution in [2.75, 3.05) is 18.4 Å². The van der Waals surface area contributed by atoms with Crippen molar-refractivity contribution in [2.45, 2.75) is 6.92 Å². The highest BCUT2D eigenvalue weighted by atomic mass is 19.1. The van der Waals surface area contributed by atoms with Crippen LogP contribution in [0.5, 0.6) is 0 Å². The van der Waals surface area contributed by atoms with Gasteiger partial charge in [0.25, 0.3) is 11.6 Å².